The van der Waals surface area contributed by atoms with E-state index in [2.05, 4.69) is 22.4 Å². The van der Waals surface area contributed by atoms with Gasteiger partial charge in [-0.05, 0) is 34.9 Å². The zero-order valence-electron chi connectivity index (χ0n) is 13.1. The molecule has 7 nitrogen and oxygen atoms in total. The maximum atomic E-state index is 12.2. The molecule has 1 aromatic heterocycles. The number of esters is 1. The average molecular weight is 316 g/mol. The number of hydrogen-bond acceptors (Lipinski definition) is 6. The van der Waals surface area contributed by atoms with Gasteiger partial charge in [-0.25, -0.2) is 4.68 Å². The third-order valence-electron chi connectivity index (χ3n) is 3.89. The summed E-state index contributed by atoms with van der Waals surface area (Å²) in [6.07, 6.45) is 2.67. The Bertz CT molecular complexity index is 671. The second kappa shape index (κ2) is 7.21. The van der Waals surface area contributed by atoms with Gasteiger partial charge >= 0.3 is 5.97 Å². The molecule has 2 heterocycles. The largest absolute Gasteiger partial charge is 0.492 e. The summed E-state index contributed by atoms with van der Waals surface area (Å²) in [5.74, 6) is 0.860. The molecule has 0 aliphatic carbocycles. The minimum absolute atomic E-state index is 0.0910. The predicted octanol–water partition coefficient (Wildman–Crippen LogP) is 1.77. The van der Waals surface area contributed by atoms with Crippen LogP contribution < -0.4 is 4.74 Å². The third-order valence-corrected chi connectivity index (χ3v) is 3.89. The van der Waals surface area contributed by atoms with Crippen LogP contribution in [0.25, 0.3) is 0 Å². The molecule has 0 N–H and O–H groups in total. The number of ether oxygens (including phenoxy) is 2. The first-order chi connectivity index (χ1) is 11.3. The fourth-order valence-electron chi connectivity index (χ4n) is 2.54. The van der Waals surface area contributed by atoms with Crippen molar-refractivity contribution in [3.05, 3.63) is 35.7 Å². The van der Waals surface area contributed by atoms with E-state index in [4.69, 9.17) is 9.47 Å². The van der Waals surface area contributed by atoms with Gasteiger partial charge in [-0.3, -0.25) is 4.79 Å². The SMILES string of the molecule is CCCCn1nnnc1COC(=O)C1COc2ccccc2C1. The van der Waals surface area contributed by atoms with Crippen molar-refractivity contribution in [2.24, 2.45) is 5.92 Å². The van der Waals surface area contributed by atoms with Crippen LogP contribution >= 0.6 is 0 Å². The van der Waals surface area contributed by atoms with Crippen LogP contribution in [0.15, 0.2) is 24.3 Å². The Morgan fingerprint density at radius 1 is 1.43 bits per heavy atom. The fraction of sp³-hybridized carbons (Fsp3) is 0.500. The molecule has 0 radical (unpaired) electrons. The Kier molecular flexibility index (Phi) is 4.85. The van der Waals surface area contributed by atoms with Gasteiger partial charge < -0.3 is 9.47 Å². The number of benzene rings is 1. The molecule has 0 saturated heterocycles. The minimum atomic E-state index is -0.287. The van der Waals surface area contributed by atoms with Gasteiger partial charge in [0.2, 0.25) is 0 Å². The molecule has 2 aromatic rings. The van der Waals surface area contributed by atoms with Gasteiger partial charge in [0.15, 0.2) is 12.4 Å². The highest BCUT2D eigenvalue weighted by molar-refractivity contribution is 5.73. The molecular formula is C16H20N4O3. The Balaban J connectivity index is 1.55. The van der Waals surface area contributed by atoms with Gasteiger partial charge in [0.05, 0.1) is 5.92 Å². The van der Waals surface area contributed by atoms with Gasteiger partial charge in [0.25, 0.3) is 0 Å². The second-order valence-corrected chi connectivity index (χ2v) is 5.60. The van der Waals surface area contributed by atoms with E-state index < -0.39 is 0 Å². The lowest BCUT2D eigenvalue weighted by Crippen LogP contribution is -2.30. The van der Waals surface area contributed by atoms with E-state index in [0.29, 0.717) is 18.9 Å². The van der Waals surface area contributed by atoms with Crippen molar-refractivity contribution in [1.82, 2.24) is 20.2 Å². The Hall–Kier alpha value is -2.44. The van der Waals surface area contributed by atoms with Crippen molar-refractivity contribution in [2.75, 3.05) is 6.61 Å². The number of carbonyl (C=O) groups is 1. The van der Waals surface area contributed by atoms with E-state index in [1.54, 1.807) is 4.68 Å². The van der Waals surface area contributed by atoms with Crippen LogP contribution in [0.5, 0.6) is 5.75 Å². The van der Waals surface area contributed by atoms with Crippen LogP contribution in [-0.2, 0) is 29.1 Å². The highest BCUT2D eigenvalue weighted by Gasteiger charge is 2.27. The van der Waals surface area contributed by atoms with Crippen molar-refractivity contribution in [3.8, 4) is 5.75 Å². The molecule has 1 aliphatic rings. The summed E-state index contributed by atoms with van der Waals surface area (Å²) < 4.78 is 12.7. The summed E-state index contributed by atoms with van der Waals surface area (Å²) in [5, 5.41) is 11.5. The number of nitrogens with zero attached hydrogens (tertiary/aromatic N) is 4. The first-order valence-corrected chi connectivity index (χ1v) is 7.90. The minimum Gasteiger partial charge on any atom is -0.492 e. The van der Waals surface area contributed by atoms with Crippen molar-refractivity contribution >= 4 is 5.97 Å². The topological polar surface area (TPSA) is 79.1 Å². The Morgan fingerprint density at radius 2 is 2.30 bits per heavy atom. The molecule has 7 heteroatoms. The normalized spacial score (nSPS) is 16.5. The molecule has 23 heavy (non-hydrogen) atoms. The molecule has 0 bridgehead atoms. The smallest absolute Gasteiger partial charge is 0.313 e. The van der Waals surface area contributed by atoms with Crippen molar-refractivity contribution < 1.29 is 14.3 Å². The second-order valence-electron chi connectivity index (χ2n) is 5.60. The highest BCUT2D eigenvalue weighted by atomic mass is 16.5. The number of carbonyl (C=O) groups excluding carboxylic acids is 1. The number of rotatable bonds is 6. The van der Waals surface area contributed by atoms with E-state index in [9.17, 15) is 4.79 Å². The lowest BCUT2D eigenvalue weighted by Gasteiger charge is -2.23. The standard InChI is InChI=1S/C16H20N4O3/c1-2-3-8-20-15(17-18-19-20)11-23-16(21)13-9-12-6-4-5-7-14(12)22-10-13/h4-7,13H,2-3,8-11H2,1H3. The van der Waals surface area contributed by atoms with E-state index >= 15 is 0 Å². The number of unbranched alkanes of at least 4 members (excludes halogenated alkanes) is 1. The summed E-state index contributed by atoms with van der Waals surface area (Å²) in [6.45, 7) is 3.27. The molecule has 0 amide bonds. The molecule has 0 spiro atoms. The number of aromatic nitrogens is 4. The summed E-state index contributed by atoms with van der Waals surface area (Å²) in [6, 6.07) is 7.75. The third kappa shape index (κ3) is 3.67. The average Bonchev–Trinajstić information content (AvgIpc) is 3.04. The molecule has 1 aromatic carbocycles. The van der Waals surface area contributed by atoms with Crippen LogP contribution in [0.1, 0.15) is 31.2 Å². The number of tetrazole rings is 1. The Labute approximate surface area is 134 Å². The predicted molar refractivity (Wildman–Crippen MR) is 81.7 cm³/mol. The van der Waals surface area contributed by atoms with E-state index in [1.807, 2.05) is 24.3 Å². The summed E-state index contributed by atoms with van der Waals surface area (Å²) >= 11 is 0. The van der Waals surface area contributed by atoms with Gasteiger partial charge in [0.1, 0.15) is 12.4 Å². The van der Waals surface area contributed by atoms with Gasteiger partial charge in [-0.15, -0.1) is 5.10 Å². The lowest BCUT2D eigenvalue weighted by molar-refractivity contribution is -0.151. The molecule has 122 valence electrons. The maximum absolute atomic E-state index is 12.2. The molecule has 0 fully saturated rings. The van der Waals surface area contributed by atoms with Crippen molar-refractivity contribution in [3.63, 3.8) is 0 Å². The molecule has 3 rings (SSSR count). The van der Waals surface area contributed by atoms with Crippen LogP contribution in [0, 0.1) is 5.92 Å². The highest BCUT2D eigenvalue weighted by Crippen LogP contribution is 2.27. The zero-order chi connectivity index (χ0) is 16.1. The summed E-state index contributed by atoms with van der Waals surface area (Å²) in [5.41, 5.74) is 1.04. The van der Waals surface area contributed by atoms with Crippen molar-refractivity contribution in [1.29, 1.82) is 0 Å². The first kappa shape index (κ1) is 15.5. The van der Waals surface area contributed by atoms with Gasteiger partial charge in [-0.2, -0.15) is 0 Å². The van der Waals surface area contributed by atoms with Gasteiger partial charge in [-0.1, -0.05) is 31.5 Å². The number of fused-ring (bicyclic) bond motifs is 1. The zero-order valence-corrected chi connectivity index (χ0v) is 13.1. The van der Waals surface area contributed by atoms with Crippen LogP contribution in [-0.4, -0.2) is 32.8 Å². The quantitative estimate of drug-likeness (QED) is 0.756. The molecule has 1 aliphatic heterocycles. The number of para-hydroxylation sites is 1. The fourth-order valence-corrected chi connectivity index (χ4v) is 2.54. The molecular weight excluding hydrogens is 296 g/mol. The summed E-state index contributed by atoms with van der Waals surface area (Å²) in [4.78, 5) is 12.2. The maximum Gasteiger partial charge on any atom is 0.313 e. The van der Waals surface area contributed by atoms with Crippen LogP contribution in [0.4, 0.5) is 0 Å². The van der Waals surface area contributed by atoms with Crippen LogP contribution in [0.2, 0.25) is 0 Å². The Morgan fingerprint density at radius 3 is 3.17 bits per heavy atom. The van der Waals surface area contributed by atoms with E-state index in [-0.39, 0.29) is 18.5 Å². The van der Waals surface area contributed by atoms with Gasteiger partial charge in [0, 0.05) is 6.54 Å². The van der Waals surface area contributed by atoms with Crippen LogP contribution in [0.3, 0.4) is 0 Å². The number of hydrogen-bond donors (Lipinski definition) is 0. The van der Waals surface area contributed by atoms with E-state index in [1.165, 1.54) is 0 Å². The first-order valence-electron chi connectivity index (χ1n) is 7.90. The molecule has 0 saturated carbocycles. The molecule has 1 atom stereocenters. The molecule has 1 unspecified atom stereocenters. The monoisotopic (exact) mass is 316 g/mol. The lowest BCUT2D eigenvalue weighted by atomic mass is 9.97. The summed E-state index contributed by atoms with van der Waals surface area (Å²) in [7, 11) is 0. The van der Waals surface area contributed by atoms with E-state index in [0.717, 1.165) is 30.7 Å². The number of aryl methyl sites for hydroxylation is 1. The van der Waals surface area contributed by atoms with Crippen molar-refractivity contribution in [2.45, 2.75) is 39.3 Å².